The van der Waals surface area contributed by atoms with E-state index in [4.69, 9.17) is 9.47 Å². The molecule has 1 unspecified atom stereocenters. The lowest BCUT2D eigenvalue weighted by molar-refractivity contribution is -0.137. The number of alkyl halides is 3. The maximum atomic E-state index is 12.5. The fraction of sp³-hybridized carbons (Fsp3) is 0.353. The molecule has 2 aromatic rings. The molecular formula is C17H19F3N2O2. The van der Waals surface area contributed by atoms with Gasteiger partial charge < -0.3 is 14.8 Å². The van der Waals surface area contributed by atoms with Crippen molar-refractivity contribution in [2.45, 2.75) is 25.6 Å². The molecule has 2 rings (SSSR count). The fourth-order valence-electron chi connectivity index (χ4n) is 2.31. The Morgan fingerprint density at radius 1 is 1.08 bits per heavy atom. The molecule has 1 atom stereocenters. The van der Waals surface area contributed by atoms with Gasteiger partial charge in [0.2, 0.25) is 0 Å². The van der Waals surface area contributed by atoms with Gasteiger partial charge in [-0.2, -0.15) is 13.2 Å². The molecule has 0 saturated carbocycles. The summed E-state index contributed by atoms with van der Waals surface area (Å²) in [4.78, 5) is 3.81. The largest absolute Gasteiger partial charge is 0.493 e. The number of nitrogens with zero attached hydrogens (tertiary/aromatic N) is 1. The second-order valence-electron chi connectivity index (χ2n) is 5.37. The Morgan fingerprint density at radius 3 is 2.33 bits per heavy atom. The average Bonchev–Trinajstić information content (AvgIpc) is 2.54. The zero-order valence-electron chi connectivity index (χ0n) is 13.6. The number of ether oxygens (including phenoxy) is 2. The van der Waals surface area contributed by atoms with E-state index in [0.29, 0.717) is 23.7 Å². The molecule has 7 heteroatoms. The number of methoxy groups -OCH3 is 2. The van der Waals surface area contributed by atoms with Crippen LogP contribution in [0.4, 0.5) is 19.0 Å². The lowest BCUT2D eigenvalue weighted by Crippen LogP contribution is -2.19. The Hall–Kier alpha value is -2.44. The lowest BCUT2D eigenvalue weighted by atomic mass is 10.1. The van der Waals surface area contributed by atoms with Gasteiger partial charge in [-0.3, -0.25) is 0 Å². The Morgan fingerprint density at radius 2 is 1.79 bits per heavy atom. The van der Waals surface area contributed by atoms with Gasteiger partial charge in [0.05, 0.1) is 19.8 Å². The molecule has 130 valence electrons. The molecule has 1 N–H and O–H groups in total. The van der Waals surface area contributed by atoms with E-state index in [1.807, 2.05) is 25.1 Å². The van der Waals surface area contributed by atoms with Crippen molar-refractivity contribution in [2.24, 2.45) is 0 Å². The first kappa shape index (κ1) is 17.9. The number of pyridine rings is 1. The van der Waals surface area contributed by atoms with Crippen LogP contribution in [0.2, 0.25) is 0 Å². The van der Waals surface area contributed by atoms with Crippen molar-refractivity contribution in [3.05, 3.63) is 47.7 Å². The first-order valence-corrected chi connectivity index (χ1v) is 7.34. The number of rotatable bonds is 6. The van der Waals surface area contributed by atoms with Crippen molar-refractivity contribution in [3.8, 4) is 11.5 Å². The highest BCUT2D eigenvalue weighted by molar-refractivity contribution is 5.44. The molecule has 0 amide bonds. The summed E-state index contributed by atoms with van der Waals surface area (Å²) < 4.78 is 48.0. The van der Waals surface area contributed by atoms with E-state index < -0.39 is 11.7 Å². The van der Waals surface area contributed by atoms with Crippen LogP contribution >= 0.6 is 0 Å². The normalized spacial score (nSPS) is 12.6. The van der Waals surface area contributed by atoms with E-state index in [-0.39, 0.29) is 6.04 Å². The summed E-state index contributed by atoms with van der Waals surface area (Å²) in [5, 5.41) is 3.08. The SMILES string of the molecule is COc1ccc(CC(C)Nc2ccc(C(F)(F)F)cn2)cc1OC. The third kappa shape index (κ3) is 4.53. The van der Waals surface area contributed by atoms with Crippen molar-refractivity contribution in [3.63, 3.8) is 0 Å². The molecule has 0 saturated heterocycles. The van der Waals surface area contributed by atoms with Gasteiger partial charge in [-0.25, -0.2) is 4.98 Å². The summed E-state index contributed by atoms with van der Waals surface area (Å²) in [5.41, 5.74) is 0.250. The highest BCUT2D eigenvalue weighted by Crippen LogP contribution is 2.29. The maximum absolute atomic E-state index is 12.5. The number of aromatic nitrogens is 1. The van der Waals surface area contributed by atoms with Crippen molar-refractivity contribution >= 4 is 5.82 Å². The summed E-state index contributed by atoms with van der Waals surface area (Å²) in [6.07, 6.45) is -2.90. The topological polar surface area (TPSA) is 43.4 Å². The van der Waals surface area contributed by atoms with Crippen molar-refractivity contribution in [1.82, 2.24) is 4.98 Å². The van der Waals surface area contributed by atoms with Gasteiger partial charge in [-0.1, -0.05) is 6.07 Å². The predicted octanol–water partition coefficient (Wildman–Crippen LogP) is 4.16. The van der Waals surface area contributed by atoms with Crippen LogP contribution in [0, 0.1) is 0 Å². The van der Waals surface area contributed by atoms with Gasteiger partial charge in [0.1, 0.15) is 5.82 Å². The molecule has 1 aromatic carbocycles. The van der Waals surface area contributed by atoms with Crippen molar-refractivity contribution in [2.75, 3.05) is 19.5 Å². The van der Waals surface area contributed by atoms with E-state index in [0.717, 1.165) is 17.8 Å². The number of nitrogens with one attached hydrogen (secondary N) is 1. The van der Waals surface area contributed by atoms with Crippen LogP contribution in [0.1, 0.15) is 18.1 Å². The third-order valence-corrected chi connectivity index (χ3v) is 3.47. The summed E-state index contributed by atoms with van der Waals surface area (Å²) in [7, 11) is 3.13. The minimum absolute atomic E-state index is 0.0210. The monoisotopic (exact) mass is 340 g/mol. The van der Waals surface area contributed by atoms with Crippen LogP contribution in [0.3, 0.4) is 0 Å². The molecule has 1 heterocycles. The van der Waals surface area contributed by atoms with E-state index >= 15 is 0 Å². The summed E-state index contributed by atoms with van der Waals surface area (Å²) in [6.45, 7) is 1.93. The number of hydrogen-bond acceptors (Lipinski definition) is 4. The van der Waals surface area contributed by atoms with E-state index in [1.165, 1.54) is 6.07 Å². The quantitative estimate of drug-likeness (QED) is 0.857. The van der Waals surface area contributed by atoms with E-state index in [9.17, 15) is 13.2 Å². The summed E-state index contributed by atoms with van der Waals surface area (Å²) in [6, 6.07) is 7.92. The molecule has 0 bridgehead atoms. The maximum Gasteiger partial charge on any atom is 0.417 e. The molecule has 0 radical (unpaired) electrons. The van der Waals surface area contributed by atoms with Gasteiger partial charge in [-0.15, -0.1) is 0 Å². The van der Waals surface area contributed by atoms with Crippen LogP contribution < -0.4 is 14.8 Å². The number of benzene rings is 1. The second-order valence-corrected chi connectivity index (χ2v) is 5.37. The van der Waals surface area contributed by atoms with Crippen LogP contribution in [0.15, 0.2) is 36.5 Å². The number of halogens is 3. The Kier molecular flexibility index (Phi) is 5.54. The Labute approximate surface area is 138 Å². The number of anilines is 1. The zero-order valence-corrected chi connectivity index (χ0v) is 13.6. The highest BCUT2D eigenvalue weighted by atomic mass is 19.4. The zero-order chi connectivity index (χ0) is 17.7. The van der Waals surface area contributed by atoms with Gasteiger partial charge in [0.25, 0.3) is 0 Å². The van der Waals surface area contributed by atoms with Gasteiger partial charge >= 0.3 is 6.18 Å². The lowest BCUT2D eigenvalue weighted by Gasteiger charge is -2.16. The standard InChI is InChI=1S/C17H19F3N2O2/c1-11(8-12-4-6-14(23-2)15(9-12)24-3)22-16-7-5-13(10-21-16)17(18,19)20/h4-7,9-11H,8H2,1-3H3,(H,21,22). The average molecular weight is 340 g/mol. The fourth-order valence-corrected chi connectivity index (χ4v) is 2.31. The molecule has 0 aliphatic rings. The van der Waals surface area contributed by atoms with E-state index in [2.05, 4.69) is 10.3 Å². The smallest absolute Gasteiger partial charge is 0.417 e. The Balaban J connectivity index is 2.01. The molecule has 1 aromatic heterocycles. The minimum Gasteiger partial charge on any atom is -0.493 e. The molecule has 0 aliphatic heterocycles. The third-order valence-electron chi connectivity index (χ3n) is 3.47. The van der Waals surface area contributed by atoms with E-state index in [1.54, 1.807) is 14.2 Å². The van der Waals surface area contributed by atoms with Crippen molar-refractivity contribution in [1.29, 1.82) is 0 Å². The molecule has 0 aliphatic carbocycles. The van der Waals surface area contributed by atoms with Crippen LogP contribution in [-0.4, -0.2) is 25.2 Å². The van der Waals surface area contributed by atoms with Crippen LogP contribution in [-0.2, 0) is 12.6 Å². The molecule has 4 nitrogen and oxygen atoms in total. The molecule has 0 spiro atoms. The summed E-state index contributed by atoms with van der Waals surface area (Å²) in [5.74, 6) is 1.68. The first-order valence-electron chi connectivity index (χ1n) is 7.34. The van der Waals surface area contributed by atoms with Crippen LogP contribution in [0.5, 0.6) is 11.5 Å². The predicted molar refractivity (Wildman–Crippen MR) is 85.6 cm³/mol. The van der Waals surface area contributed by atoms with Crippen LogP contribution in [0.25, 0.3) is 0 Å². The molecular weight excluding hydrogens is 321 g/mol. The summed E-state index contributed by atoms with van der Waals surface area (Å²) >= 11 is 0. The molecule has 24 heavy (non-hydrogen) atoms. The number of hydrogen-bond donors (Lipinski definition) is 1. The van der Waals surface area contributed by atoms with Gasteiger partial charge in [-0.05, 0) is 43.2 Å². The highest BCUT2D eigenvalue weighted by Gasteiger charge is 2.30. The van der Waals surface area contributed by atoms with Gasteiger partial charge in [0.15, 0.2) is 11.5 Å². The van der Waals surface area contributed by atoms with Gasteiger partial charge in [0, 0.05) is 12.2 Å². The second kappa shape index (κ2) is 7.42. The first-order chi connectivity index (χ1) is 11.3. The molecule has 0 fully saturated rings. The van der Waals surface area contributed by atoms with Crippen molar-refractivity contribution < 1.29 is 22.6 Å². The Bertz CT molecular complexity index is 673. The minimum atomic E-state index is -4.38.